The van der Waals surface area contributed by atoms with Gasteiger partial charge in [0.1, 0.15) is 14.0 Å². The predicted octanol–water partition coefficient (Wildman–Crippen LogP) is 5.55. The van der Waals surface area contributed by atoms with Crippen LogP contribution in [0.5, 0.6) is 0 Å². The van der Waals surface area contributed by atoms with Crippen molar-refractivity contribution in [3.63, 3.8) is 0 Å². The number of carbonyl (C=O) groups is 1. The molecule has 0 fully saturated rings. The van der Waals surface area contributed by atoms with Crippen molar-refractivity contribution in [3.8, 4) is 11.5 Å². The van der Waals surface area contributed by atoms with Gasteiger partial charge in [-0.2, -0.15) is 0 Å². The van der Waals surface area contributed by atoms with Crippen LogP contribution in [0.1, 0.15) is 41.0 Å². The molecule has 0 amide bonds. The van der Waals surface area contributed by atoms with Gasteiger partial charge in [0, 0.05) is 12.0 Å². The molecule has 1 N–H and O–H groups in total. The summed E-state index contributed by atoms with van der Waals surface area (Å²) in [6, 6.07) is 2.84. The second-order valence-electron chi connectivity index (χ2n) is 10.1. The fourth-order valence-corrected chi connectivity index (χ4v) is 7.53. The van der Waals surface area contributed by atoms with E-state index < -0.39 is 22.3 Å². The lowest BCUT2D eigenvalue weighted by Crippen LogP contribution is -2.51. The highest BCUT2D eigenvalue weighted by Crippen LogP contribution is 2.29. The summed E-state index contributed by atoms with van der Waals surface area (Å²) < 4.78 is 12.0. The van der Waals surface area contributed by atoms with Gasteiger partial charge in [0.2, 0.25) is 0 Å². The summed E-state index contributed by atoms with van der Waals surface area (Å²) in [5.41, 5.74) is 3.49. The Bertz CT molecular complexity index is 690. The highest BCUT2D eigenvalue weighted by molar-refractivity contribution is 6.83. The lowest BCUT2D eigenvalue weighted by molar-refractivity contribution is -0.149. The van der Waals surface area contributed by atoms with E-state index in [1.54, 1.807) is 0 Å². The minimum atomic E-state index is -1.87. The normalized spacial score (nSPS) is 21.7. The molecule has 4 nitrogen and oxygen atoms in total. The first-order valence-electron chi connectivity index (χ1n) is 11.8. The fraction of sp³-hybridized carbons (Fsp3) is 0.720. The lowest BCUT2D eigenvalue weighted by atomic mass is 9.83. The van der Waals surface area contributed by atoms with E-state index in [2.05, 4.69) is 88.4 Å². The van der Waals surface area contributed by atoms with Crippen molar-refractivity contribution >= 4 is 22.4 Å². The van der Waals surface area contributed by atoms with E-state index in [4.69, 9.17) is 9.16 Å². The molecule has 6 heteroatoms. The van der Waals surface area contributed by atoms with Crippen LogP contribution < -0.4 is 5.32 Å². The van der Waals surface area contributed by atoms with Gasteiger partial charge in [-0.05, 0) is 31.5 Å². The number of methoxy groups -OCH3 is 1. The van der Waals surface area contributed by atoms with Crippen molar-refractivity contribution in [2.45, 2.75) is 91.0 Å². The van der Waals surface area contributed by atoms with E-state index in [1.807, 2.05) is 6.92 Å². The third-order valence-electron chi connectivity index (χ3n) is 6.37. The Balaban J connectivity index is 3.24. The van der Waals surface area contributed by atoms with Crippen LogP contribution in [0, 0.1) is 22.8 Å². The maximum absolute atomic E-state index is 13.0. The van der Waals surface area contributed by atoms with E-state index in [-0.39, 0.29) is 23.5 Å². The van der Waals surface area contributed by atoms with Crippen LogP contribution in [0.15, 0.2) is 24.3 Å². The number of hydrogen-bond acceptors (Lipinski definition) is 4. The first-order valence-corrected chi connectivity index (χ1v) is 17.8. The van der Waals surface area contributed by atoms with E-state index in [9.17, 15) is 4.79 Å². The molecule has 1 rings (SSSR count). The standard InChI is InChI=1S/C25H45NO3Si2/c1-10-31(11-2,12-3)29-21(4)23(24(27)28-6)22(16-19-30(7,8)9)26-20-25(5)17-14-13-15-18-25/h13-15,17,21-23,26H,10-12,18,20H2,1-9H3/t21-,22+,23+,25-/m1/s1. The SMILES string of the molecule is CC[Si](CC)(CC)O[C@H](C)[C@H](C(=O)OC)[C@H](C#C[Si](C)(C)C)NC[C@]1(C)C=CC=CC1. The van der Waals surface area contributed by atoms with E-state index in [0.717, 1.165) is 31.1 Å². The molecule has 4 atom stereocenters. The zero-order chi connectivity index (χ0) is 23.7. The van der Waals surface area contributed by atoms with Gasteiger partial charge in [0.05, 0.1) is 19.3 Å². The Kier molecular flexibility index (Phi) is 11.0. The number of carbonyl (C=O) groups excluding carboxylic acids is 1. The third kappa shape index (κ3) is 8.72. The molecule has 0 spiro atoms. The van der Waals surface area contributed by atoms with Crippen LogP contribution >= 0.6 is 0 Å². The summed E-state index contributed by atoms with van der Waals surface area (Å²) in [6.45, 7) is 18.3. The molecule has 0 radical (unpaired) electrons. The Morgan fingerprint density at radius 3 is 2.23 bits per heavy atom. The molecule has 1 aliphatic carbocycles. The van der Waals surface area contributed by atoms with E-state index in [1.165, 1.54) is 7.11 Å². The Hall–Kier alpha value is -1.14. The van der Waals surface area contributed by atoms with Crippen molar-refractivity contribution in [1.29, 1.82) is 0 Å². The summed E-state index contributed by atoms with van der Waals surface area (Å²) in [5.74, 6) is 2.74. The molecule has 31 heavy (non-hydrogen) atoms. The third-order valence-corrected chi connectivity index (χ3v) is 12.0. The summed E-state index contributed by atoms with van der Waals surface area (Å²) in [5, 5.41) is 3.64. The number of rotatable bonds is 11. The van der Waals surface area contributed by atoms with Gasteiger partial charge in [-0.1, -0.05) is 77.6 Å². The molecule has 0 aromatic rings. The van der Waals surface area contributed by atoms with Crippen molar-refractivity contribution < 1.29 is 14.0 Å². The number of allylic oxidation sites excluding steroid dienone is 3. The smallest absolute Gasteiger partial charge is 0.313 e. The quantitative estimate of drug-likeness (QED) is 0.248. The minimum Gasteiger partial charge on any atom is -0.469 e. The molecule has 0 saturated carbocycles. The Morgan fingerprint density at radius 1 is 1.16 bits per heavy atom. The largest absolute Gasteiger partial charge is 0.469 e. The summed E-state index contributed by atoms with van der Waals surface area (Å²) in [4.78, 5) is 13.0. The highest BCUT2D eigenvalue weighted by atomic mass is 28.4. The van der Waals surface area contributed by atoms with Crippen molar-refractivity contribution in [1.82, 2.24) is 5.32 Å². The van der Waals surface area contributed by atoms with Crippen LogP contribution in [0.25, 0.3) is 0 Å². The molecule has 1 aliphatic rings. The Labute approximate surface area is 193 Å². The summed E-state index contributed by atoms with van der Waals surface area (Å²) in [7, 11) is -2.02. The topological polar surface area (TPSA) is 47.6 Å². The number of nitrogens with one attached hydrogen (secondary N) is 1. The van der Waals surface area contributed by atoms with Gasteiger partial charge in [-0.25, -0.2) is 0 Å². The Morgan fingerprint density at radius 2 is 1.77 bits per heavy atom. The average molecular weight is 464 g/mol. The first kappa shape index (κ1) is 27.9. The molecule has 0 bridgehead atoms. The van der Waals surface area contributed by atoms with E-state index in [0.29, 0.717) is 0 Å². The predicted molar refractivity (Wildman–Crippen MR) is 137 cm³/mol. The monoisotopic (exact) mass is 463 g/mol. The molecular formula is C25H45NO3Si2. The average Bonchev–Trinajstić information content (AvgIpc) is 2.73. The minimum absolute atomic E-state index is 0.00731. The maximum Gasteiger partial charge on any atom is 0.313 e. The van der Waals surface area contributed by atoms with Crippen LogP contribution in [0.3, 0.4) is 0 Å². The van der Waals surface area contributed by atoms with Crippen molar-refractivity contribution in [2.75, 3.05) is 13.7 Å². The molecule has 176 valence electrons. The zero-order valence-corrected chi connectivity index (χ0v) is 23.3. The second-order valence-corrected chi connectivity index (χ2v) is 19.6. The van der Waals surface area contributed by atoms with Crippen LogP contribution in [-0.4, -0.2) is 48.2 Å². The number of ether oxygens (including phenoxy) is 1. The zero-order valence-electron chi connectivity index (χ0n) is 21.3. The molecule has 0 unspecified atom stereocenters. The molecule has 0 aromatic carbocycles. The van der Waals surface area contributed by atoms with Gasteiger partial charge in [0.15, 0.2) is 8.32 Å². The van der Waals surface area contributed by atoms with Gasteiger partial charge in [-0.3, -0.25) is 4.79 Å². The van der Waals surface area contributed by atoms with Crippen LogP contribution in [-0.2, 0) is 14.0 Å². The summed E-state index contributed by atoms with van der Waals surface area (Å²) >= 11 is 0. The maximum atomic E-state index is 13.0. The van der Waals surface area contributed by atoms with Gasteiger partial charge in [-0.15, -0.1) is 5.54 Å². The molecule has 0 saturated heterocycles. The van der Waals surface area contributed by atoms with E-state index >= 15 is 0 Å². The van der Waals surface area contributed by atoms with Gasteiger partial charge in [0.25, 0.3) is 0 Å². The van der Waals surface area contributed by atoms with Crippen molar-refractivity contribution in [3.05, 3.63) is 24.3 Å². The number of esters is 1. The molecule has 0 aliphatic heterocycles. The lowest BCUT2D eigenvalue weighted by Gasteiger charge is -2.37. The second kappa shape index (κ2) is 12.2. The first-order chi connectivity index (χ1) is 14.4. The van der Waals surface area contributed by atoms with Crippen LogP contribution in [0.4, 0.5) is 0 Å². The summed E-state index contributed by atoms with van der Waals surface area (Å²) in [6.07, 6.45) is 9.33. The highest BCUT2D eigenvalue weighted by Gasteiger charge is 2.40. The fourth-order valence-electron chi connectivity index (χ4n) is 4.01. The molecule has 0 aromatic heterocycles. The molecular weight excluding hydrogens is 418 g/mol. The van der Waals surface area contributed by atoms with Gasteiger partial charge >= 0.3 is 5.97 Å². The van der Waals surface area contributed by atoms with Crippen LogP contribution in [0.2, 0.25) is 37.8 Å². The van der Waals surface area contributed by atoms with Gasteiger partial charge < -0.3 is 14.5 Å². The number of hydrogen-bond donors (Lipinski definition) is 1. The molecule has 0 heterocycles. The van der Waals surface area contributed by atoms with Crippen molar-refractivity contribution in [2.24, 2.45) is 11.3 Å².